The molecular formula is C16H21FN2O3. The lowest BCUT2D eigenvalue weighted by Crippen LogP contribution is -2.48. The number of rotatable bonds is 4. The van der Waals surface area contributed by atoms with E-state index in [0.29, 0.717) is 18.7 Å². The molecule has 0 aliphatic carbocycles. The van der Waals surface area contributed by atoms with Crippen LogP contribution in [-0.4, -0.2) is 48.6 Å². The van der Waals surface area contributed by atoms with E-state index in [9.17, 15) is 14.0 Å². The quantitative estimate of drug-likeness (QED) is 0.919. The molecule has 120 valence electrons. The summed E-state index contributed by atoms with van der Waals surface area (Å²) < 4.78 is 18.4. The van der Waals surface area contributed by atoms with Crippen molar-refractivity contribution in [3.8, 4) is 0 Å². The summed E-state index contributed by atoms with van der Waals surface area (Å²) in [6.45, 7) is 5.29. The van der Waals surface area contributed by atoms with Crippen LogP contribution in [0, 0.1) is 5.82 Å². The van der Waals surface area contributed by atoms with E-state index in [0.717, 1.165) is 0 Å². The second kappa shape index (κ2) is 7.35. The molecule has 2 amide bonds. The van der Waals surface area contributed by atoms with Crippen molar-refractivity contribution in [1.29, 1.82) is 0 Å². The van der Waals surface area contributed by atoms with Crippen LogP contribution in [0.25, 0.3) is 0 Å². The summed E-state index contributed by atoms with van der Waals surface area (Å²) in [6.07, 6.45) is 0.301. The van der Waals surface area contributed by atoms with Crippen LogP contribution >= 0.6 is 0 Å². The SMILES string of the molecule is C[C@@H]1CN(C(=O)CCNC(=O)c2ccc(F)cc2)C[C@@H](C)O1. The highest BCUT2D eigenvalue weighted by molar-refractivity contribution is 5.94. The number of amides is 2. The van der Waals surface area contributed by atoms with Crippen molar-refractivity contribution in [2.24, 2.45) is 0 Å². The predicted molar refractivity (Wildman–Crippen MR) is 79.9 cm³/mol. The first-order valence-corrected chi connectivity index (χ1v) is 7.42. The molecule has 0 aromatic heterocycles. The van der Waals surface area contributed by atoms with Gasteiger partial charge in [0.05, 0.1) is 12.2 Å². The summed E-state index contributed by atoms with van der Waals surface area (Å²) in [5, 5.41) is 2.67. The molecule has 0 radical (unpaired) electrons. The van der Waals surface area contributed by atoms with Crippen LogP contribution < -0.4 is 5.32 Å². The molecule has 1 aliphatic rings. The fraction of sp³-hybridized carbons (Fsp3) is 0.500. The summed E-state index contributed by atoms with van der Waals surface area (Å²) in [4.78, 5) is 25.7. The smallest absolute Gasteiger partial charge is 0.251 e. The maximum absolute atomic E-state index is 12.8. The number of nitrogens with zero attached hydrogens (tertiary/aromatic N) is 1. The Morgan fingerprint density at radius 1 is 1.23 bits per heavy atom. The van der Waals surface area contributed by atoms with Crippen LogP contribution in [0.15, 0.2) is 24.3 Å². The fourth-order valence-electron chi connectivity index (χ4n) is 2.53. The minimum Gasteiger partial charge on any atom is -0.372 e. The van der Waals surface area contributed by atoms with Crippen molar-refractivity contribution in [1.82, 2.24) is 10.2 Å². The number of ether oxygens (including phenoxy) is 1. The molecule has 0 saturated carbocycles. The zero-order valence-electron chi connectivity index (χ0n) is 12.8. The van der Waals surface area contributed by atoms with Crippen LogP contribution in [0.4, 0.5) is 4.39 Å². The van der Waals surface area contributed by atoms with Gasteiger partial charge in [0.2, 0.25) is 5.91 Å². The molecule has 1 aromatic rings. The summed E-state index contributed by atoms with van der Waals surface area (Å²) in [5.74, 6) is -0.694. The molecular weight excluding hydrogens is 287 g/mol. The number of morpholine rings is 1. The van der Waals surface area contributed by atoms with Gasteiger partial charge >= 0.3 is 0 Å². The van der Waals surface area contributed by atoms with Gasteiger partial charge in [0, 0.05) is 31.6 Å². The van der Waals surface area contributed by atoms with E-state index in [1.807, 2.05) is 13.8 Å². The average molecular weight is 308 g/mol. The molecule has 1 aliphatic heterocycles. The van der Waals surface area contributed by atoms with Gasteiger partial charge in [-0.15, -0.1) is 0 Å². The molecule has 1 N–H and O–H groups in total. The highest BCUT2D eigenvalue weighted by Crippen LogP contribution is 2.11. The third-order valence-corrected chi connectivity index (χ3v) is 3.50. The third kappa shape index (κ3) is 4.53. The lowest BCUT2D eigenvalue weighted by atomic mass is 10.2. The summed E-state index contributed by atoms with van der Waals surface area (Å²) in [7, 11) is 0. The third-order valence-electron chi connectivity index (χ3n) is 3.50. The lowest BCUT2D eigenvalue weighted by Gasteiger charge is -2.35. The Hall–Kier alpha value is -1.95. The number of hydrogen-bond donors (Lipinski definition) is 1. The van der Waals surface area contributed by atoms with Crippen LogP contribution in [0.5, 0.6) is 0 Å². The maximum atomic E-state index is 12.8. The molecule has 5 nitrogen and oxygen atoms in total. The van der Waals surface area contributed by atoms with E-state index in [1.54, 1.807) is 4.90 Å². The zero-order valence-corrected chi connectivity index (χ0v) is 12.8. The van der Waals surface area contributed by atoms with Crippen molar-refractivity contribution < 1.29 is 18.7 Å². The summed E-state index contributed by atoms with van der Waals surface area (Å²) in [6, 6.07) is 5.29. The van der Waals surface area contributed by atoms with Gasteiger partial charge in [-0.25, -0.2) is 4.39 Å². The number of hydrogen-bond acceptors (Lipinski definition) is 3. The van der Waals surface area contributed by atoms with Gasteiger partial charge in [0.15, 0.2) is 0 Å². The van der Waals surface area contributed by atoms with E-state index in [2.05, 4.69) is 5.32 Å². The Morgan fingerprint density at radius 2 is 1.82 bits per heavy atom. The number of benzene rings is 1. The van der Waals surface area contributed by atoms with E-state index in [-0.39, 0.29) is 42.8 Å². The molecule has 6 heteroatoms. The fourth-order valence-corrected chi connectivity index (χ4v) is 2.53. The Bertz CT molecular complexity index is 523. The Kier molecular flexibility index (Phi) is 5.49. The molecule has 1 saturated heterocycles. The molecule has 2 rings (SSSR count). The number of carbonyl (C=O) groups excluding carboxylic acids is 2. The highest BCUT2D eigenvalue weighted by Gasteiger charge is 2.25. The van der Waals surface area contributed by atoms with Crippen molar-refractivity contribution in [2.45, 2.75) is 32.5 Å². The normalized spacial score (nSPS) is 21.5. The number of nitrogens with one attached hydrogen (secondary N) is 1. The predicted octanol–water partition coefficient (Wildman–Crippen LogP) is 1.58. The molecule has 1 aromatic carbocycles. The first kappa shape index (κ1) is 16.4. The van der Waals surface area contributed by atoms with Gasteiger partial charge in [0.1, 0.15) is 5.82 Å². The summed E-state index contributed by atoms with van der Waals surface area (Å²) in [5.41, 5.74) is 0.377. The molecule has 1 fully saturated rings. The van der Waals surface area contributed by atoms with E-state index >= 15 is 0 Å². The van der Waals surface area contributed by atoms with Crippen LogP contribution in [-0.2, 0) is 9.53 Å². The van der Waals surface area contributed by atoms with Crippen molar-refractivity contribution in [3.63, 3.8) is 0 Å². The van der Waals surface area contributed by atoms with Gasteiger partial charge in [-0.1, -0.05) is 0 Å². The Morgan fingerprint density at radius 3 is 2.41 bits per heavy atom. The molecule has 0 unspecified atom stereocenters. The van der Waals surface area contributed by atoms with Crippen LogP contribution in [0.1, 0.15) is 30.6 Å². The molecule has 2 atom stereocenters. The summed E-state index contributed by atoms with van der Waals surface area (Å²) >= 11 is 0. The van der Waals surface area contributed by atoms with Crippen molar-refractivity contribution in [2.75, 3.05) is 19.6 Å². The molecule has 22 heavy (non-hydrogen) atoms. The highest BCUT2D eigenvalue weighted by atomic mass is 19.1. The number of carbonyl (C=O) groups is 2. The Labute approximate surface area is 129 Å². The van der Waals surface area contributed by atoms with E-state index in [1.165, 1.54) is 24.3 Å². The topological polar surface area (TPSA) is 58.6 Å². The first-order valence-electron chi connectivity index (χ1n) is 7.42. The molecule has 0 spiro atoms. The molecule has 0 bridgehead atoms. The minimum absolute atomic E-state index is 0.00130. The second-order valence-electron chi connectivity index (χ2n) is 5.57. The van der Waals surface area contributed by atoms with Gasteiger partial charge in [-0.05, 0) is 38.1 Å². The van der Waals surface area contributed by atoms with Gasteiger partial charge in [-0.2, -0.15) is 0 Å². The second-order valence-corrected chi connectivity index (χ2v) is 5.57. The van der Waals surface area contributed by atoms with Crippen molar-refractivity contribution >= 4 is 11.8 Å². The van der Waals surface area contributed by atoms with E-state index in [4.69, 9.17) is 4.74 Å². The average Bonchev–Trinajstić information content (AvgIpc) is 2.46. The van der Waals surface area contributed by atoms with Gasteiger partial charge in [0.25, 0.3) is 5.91 Å². The molecule has 1 heterocycles. The Balaban J connectivity index is 1.77. The van der Waals surface area contributed by atoms with Crippen LogP contribution in [0.3, 0.4) is 0 Å². The lowest BCUT2D eigenvalue weighted by molar-refractivity contribution is -0.143. The monoisotopic (exact) mass is 308 g/mol. The maximum Gasteiger partial charge on any atom is 0.251 e. The largest absolute Gasteiger partial charge is 0.372 e. The zero-order chi connectivity index (χ0) is 16.1. The van der Waals surface area contributed by atoms with Gasteiger partial charge < -0.3 is 15.0 Å². The van der Waals surface area contributed by atoms with Crippen LogP contribution in [0.2, 0.25) is 0 Å². The number of halogens is 1. The van der Waals surface area contributed by atoms with Gasteiger partial charge in [-0.3, -0.25) is 9.59 Å². The van der Waals surface area contributed by atoms with E-state index < -0.39 is 0 Å². The standard InChI is InChI=1S/C16H21FN2O3/c1-11-9-19(10-12(2)22-11)15(20)7-8-18-16(21)13-3-5-14(17)6-4-13/h3-6,11-12H,7-10H2,1-2H3,(H,18,21)/t11-,12-/m1/s1. The first-order chi connectivity index (χ1) is 10.5. The van der Waals surface area contributed by atoms with Crippen molar-refractivity contribution in [3.05, 3.63) is 35.6 Å². The minimum atomic E-state index is -0.387.